The number of nitrogens with zero attached hydrogens (tertiary/aromatic N) is 2. The van der Waals surface area contributed by atoms with Gasteiger partial charge in [0, 0.05) is 17.0 Å². The van der Waals surface area contributed by atoms with Gasteiger partial charge in [-0.05, 0) is 66.8 Å². The lowest BCUT2D eigenvalue weighted by atomic mass is 10.0. The highest BCUT2D eigenvalue weighted by atomic mass is 32.1. The van der Waals surface area contributed by atoms with Crippen molar-refractivity contribution in [3.05, 3.63) is 112 Å². The topological polar surface area (TPSA) is 63.0 Å². The highest BCUT2D eigenvalue weighted by Gasteiger charge is 2.34. The smallest absolute Gasteiger partial charge is 0.254 e. The molecule has 1 aliphatic heterocycles. The van der Waals surface area contributed by atoms with Crippen molar-refractivity contribution in [1.29, 1.82) is 0 Å². The van der Waals surface area contributed by atoms with E-state index in [2.05, 4.69) is 11.4 Å². The third kappa shape index (κ3) is 5.36. The number of carbonyl (C=O) groups excluding carboxylic acids is 2. The molecule has 0 bridgehead atoms. The van der Waals surface area contributed by atoms with Gasteiger partial charge in [-0.15, -0.1) is 11.3 Å². The van der Waals surface area contributed by atoms with Gasteiger partial charge in [0.1, 0.15) is 24.7 Å². The van der Waals surface area contributed by atoms with Crippen LogP contribution in [-0.2, 0) is 17.8 Å². The Hall–Kier alpha value is -3.84. The molecule has 0 spiro atoms. The number of thiophene rings is 1. The van der Waals surface area contributed by atoms with E-state index in [4.69, 9.17) is 9.15 Å². The second-order valence-electron chi connectivity index (χ2n) is 8.88. The standard InChI is InChI=1S/C29H28N2O4S/c1-21-9-11-23(12-10-21)35-20-26-25-14-17-36-27(25)13-15-31(26)28(32)19-30(18-24-8-5-16-34-24)29(33)22-6-3-2-4-7-22/h2-12,14,16-17,26H,13,15,18-20H2,1H3/t26-/m0/s1. The number of hydrogen-bond acceptors (Lipinski definition) is 5. The Morgan fingerprint density at radius 2 is 1.86 bits per heavy atom. The molecule has 0 radical (unpaired) electrons. The molecule has 184 valence electrons. The third-order valence-corrected chi connectivity index (χ3v) is 7.40. The first kappa shape index (κ1) is 23.9. The zero-order valence-corrected chi connectivity index (χ0v) is 20.9. The SMILES string of the molecule is Cc1ccc(OC[C@H]2c3ccsc3CCN2C(=O)CN(Cc2ccco2)C(=O)c2ccccc2)cc1. The fraction of sp³-hybridized carbons (Fsp3) is 0.241. The molecule has 3 heterocycles. The average Bonchev–Trinajstić information content (AvgIpc) is 3.60. The quantitative estimate of drug-likeness (QED) is 0.321. The van der Waals surface area contributed by atoms with Crippen LogP contribution in [0.2, 0.25) is 0 Å². The van der Waals surface area contributed by atoms with E-state index in [-0.39, 0.29) is 30.9 Å². The fourth-order valence-corrected chi connectivity index (χ4v) is 5.42. The molecular weight excluding hydrogens is 472 g/mol. The van der Waals surface area contributed by atoms with Crippen molar-refractivity contribution < 1.29 is 18.7 Å². The van der Waals surface area contributed by atoms with Crippen molar-refractivity contribution in [3.63, 3.8) is 0 Å². The Labute approximate surface area is 214 Å². The van der Waals surface area contributed by atoms with Gasteiger partial charge in [-0.2, -0.15) is 0 Å². The van der Waals surface area contributed by atoms with E-state index in [9.17, 15) is 9.59 Å². The van der Waals surface area contributed by atoms with Gasteiger partial charge in [0.2, 0.25) is 5.91 Å². The molecule has 4 aromatic rings. The van der Waals surface area contributed by atoms with Crippen LogP contribution in [0.4, 0.5) is 0 Å². The maximum absolute atomic E-state index is 13.7. The van der Waals surface area contributed by atoms with Crippen LogP contribution in [0.5, 0.6) is 5.75 Å². The van der Waals surface area contributed by atoms with Gasteiger partial charge >= 0.3 is 0 Å². The van der Waals surface area contributed by atoms with Crippen molar-refractivity contribution in [1.82, 2.24) is 9.80 Å². The molecule has 5 rings (SSSR count). The summed E-state index contributed by atoms with van der Waals surface area (Å²) in [6.07, 6.45) is 2.37. The number of carbonyl (C=O) groups is 2. The molecule has 6 nitrogen and oxygen atoms in total. The maximum Gasteiger partial charge on any atom is 0.254 e. The average molecular weight is 501 g/mol. The predicted octanol–water partition coefficient (Wildman–Crippen LogP) is 5.50. The summed E-state index contributed by atoms with van der Waals surface area (Å²) >= 11 is 1.71. The number of aryl methyl sites for hydroxylation is 1. The summed E-state index contributed by atoms with van der Waals surface area (Å²) in [6.45, 7) is 3.14. The molecular formula is C29H28N2O4S. The van der Waals surface area contributed by atoms with Crippen molar-refractivity contribution >= 4 is 23.2 Å². The highest BCUT2D eigenvalue weighted by Crippen LogP contribution is 2.34. The van der Waals surface area contributed by atoms with Gasteiger partial charge in [0.05, 0.1) is 18.8 Å². The van der Waals surface area contributed by atoms with Crippen LogP contribution in [0.15, 0.2) is 88.9 Å². The van der Waals surface area contributed by atoms with E-state index in [1.54, 1.807) is 40.7 Å². The number of benzene rings is 2. The molecule has 36 heavy (non-hydrogen) atoms. The summed E-state index contributed by atoms with van der Waals surface area (Å²) < 4.78 is 11.6. The molecule has 0 aliphatic carbocycles. The Bertz CT molecular complexity index is 1300. The molecule has 7 heteroatoms. The van der Waals surface area contributed by atoms with Crippen LogP contribution < -0.4 is 4.74 Å². The third-order valence-electron chi connectivity index (χ3n) is 6.40. The molecule has 2 amide bonds. The van der Waals surface area contributed by atoms with Crippen LogP contribution in [-0.4, -0.2) is 41.3 Å². The van der Waals surface area contributed by atoms with Crippen molar-refractivity contribution in [2.24, 2.45) is 0 Å². The molecule has 0 N–H and O–H groups in total. The number of fused-ring (bicyclic) bond motifs is 1. The maximum atomic E-state index is 13.7. The minimum absolute atomic E-state index is 0.0467. The normalized spacial score (nSPS) is 14.8. The zero-order valence-electron chi connectivity index (χ0n) is 20.1. The van der Waals surface area contributed by atoms with E-state index < -0.39 is 0 Å². The van der Waals surface area contributed by atoms with Crippen LogP contribution in [0.25, 0.3) is 0 Å². The number of amides is 2. The molecule has 0 saturated heterocycles. The number of hydrogen-bond donors (Lipinski definition) is 0. The first-order valence-electron chi connectivity index (χ1n) is 12.0. The summed E-state index contributed by atoms with van der Waals surface area (Å²) in [5, 5.41) is 2.07. The Balaban J connectivity index is 1.36. The van der Waals surface area contributed by atoms with Crippen LogP contribution in [0.3, 0.4) is 0 Å². The summed E-state index contributed by atoms with van der Waals surface area (Å²) in [7, 11) is 0. The monoisotopic (exact) mass is 500 g/mol. The van der Waals surface area contributed by atoms with Gasteiger partial charge in [-0.25, -0.2) is 0 Å². The van der Waals surface area contributed by atoms with Crippen molar-refractivity contribution in [3.8, 4) is 5.75 Å². The first-order valence-corrected chi connectivity index (χ1v) is 12.9. The van der Waals surface area contributed by atoms with Crippen LogP contribution in [0, 0.1) is 6.92 Å². The number of rotatable bonds is 8. The van der Waals surface area contributed by atoms with Gasteiger partial charge < -0.3 is 19.0 Å². The predicted molar refractivity (Wildman–Crippen MR) is 139 cm³/mol. The van der Waals surface area contributed by atoms with E-state index in [0.717, 1.165) is 23.3 Å². The van der Waals surface area contributed by atoms with Gasteiger partial charge in [-0.1, -0.05) is 35.9 Å². The van der Waals surface area contributed by atoms with E-state index >= 15 is 0 Å². The molecule has 2 aromatic carbocycles. The second-order valence-corrected chi connectivity index (χ2v) is 9.88. The lowest BCUT2D eigenvalue weighted by molar-refractivity contribution is -0.135. The van der Waals surface area contributed by atoms with Crippen LogP contribution >= 0.6 is 11.3 Å². The first-order chi connectivity index (χ1) is 17.6. The van der Waals surface area contributed by atoms with E-state index in [1.807, 2.05) is 60.4 Å². The van der Waals surface area contributed by atoms with Gasteiger partial charge in [-0.3, -0.25) is 9.59 Å². The lowest BCUT2D eigenvalue weighted by Crippen LogP contribution is -2.47. The largest absolute Gasteiger partial charge is 0.491 e. The minimum atomic E-state index is -0.217. The summed E-state index contributed by atoms with van der Waals surface area (Å²) in [6, 6.07) is 22.4. The van der Waals surface area contributed by atoms with Crippen LogP contribution in [0.1, 0.15) is 38.2 Å². The molecule has 1 aliphatic rings. The molecule has 0 saturated carbocycles. The summed E-state index contributed by atoms with van der Waals surface area (Å²) in [5.41, 5.74) is 2.82. The van der Waals surface area contributed by atoms with Gasteiger partial charge in [0.25, 0.3) is 5.91 Å². The minimum Gasteiger partial charge on any atom is -0.491 e. The van der Waals surface area contributed by atoms with Crippen molar-refractivity contribution in [2.45, 2.75) is 25.9 Å². The molecule has 1 atom stereocenters. The summed E-state index contributed by atoms with van der Waals surface area (Å²) in [5.74, 6) is 1.08. The number of ether oxygens (including phenoxy) is 1. The lowest BCUT2D eigenvalue weighted by Gasteiger charge is -2.37. The van der Waals surface area contributed by atoms with Gasteiger partial charge in [0.15, 0.2) is 0 Å². The zero-order chi connectivity index (χ0) is 24.9. The summed E-state index contributed by atoms with van der Waals surface area (Å²) in [4.78, 5) is 31.8. The van der Waals surface area contributed by atoms with E-state index in [0.29, 0.717) is 24.5 Å². The molecule has 0 unspecified atom stereocenters. The Morgan fingerprint density at radius 1 is 1.06 bits per heavy atom. The van der Waals surface area contributed by atoms with E-state index in [1.165, 1.54) is 4.88 Å². The molecule has 0 fully saturated rings. The Morgan fingerprint density at radius 3 is 2.61 bits per heavy atom. The molecule has 2 aromatic heterocycles. The Kier molecular flexibility index (Phi) is 7.18. The second kappa shape index (κ2) is 10.8. The highest BCUT2D eigenvalue weighted by molar-refractivity contribution is 7.10. The fourth-order valence-electron chi connectivity index (χ4n) is 4.49. The number of furan rings is 1. The van der Waals surface area contributed by atoms with Crippen molar-refractivity contribution in [2.75, 3.05) is 19.7 Å².